The number of allylic oxidation sites excluding steroid dienone is 2. The van der Waals surface area contributed by atoms with Crippen LogP contribution in [-0.2, 0) is 15.6 Å². The summed E-state index contributed by atoms with van der Waals surface area (Å²) >= 11 is 0. The number of carbonyl (C=O) groups excluding carboxylic acids is 1. The summed E-state index contributed by atoms with van der Waals surface area (Å²) in [4.78, 5) is 10.6. The Morgan fingerprint density at radius 3 is 2.21 bits per heavy atom. The molecule has 0 radical (unpaired) electrons. The van der Waals surface area contributed by atoms with Gasteiger partial charge in [0.05, 0.1) is 0 Å². The predicted molar refractivity (Wildman–Crippen MR) is 81.4 cm³/mol. The molecule has 1 aliphatic carbocycles. The van der Waals surface area contributed by atoms with Crippen LogP contribution in [0.15, 0.2) is 24.3 Å². The van der Waals surface area contributed by atoms with Gasteiger partial charge in [-0.05, 0) is 58.9 Å². The molecule has 0 saturated heterocycles. The van der Waals surface area contributed by atoms with Crippen molar-refractivity contribution in [3.8, 4) is 0 Å². The largest absolute Gasteiger partial charge is 0.299 e. The van der Waals surface area contributed by atoms with E-state index in [2.05, 4.69) is 45.9 Å². The monoisotopic (exact) mass is 256 g/mol. The summed E-state index contributed by atoms with van der Waals surface area (Å²) in [5.41, 5.74) is 5.59. The maximum atomic E-state index is 10.6. The van der Waals surface area contributed by atoms with Crippen LogP contribution < -0.4 is 0 Å². The van der Waals surface area contributed by atoms with Gasteiger partial charge in [-0.25, -0.2) is 0 Å². The van der Waals surface area contributed by atoms with E-state index in [0.717, 1.165) is 17.4 Å². The molecular weight excluding hydrogens is 232 g/mol. The standard InChI is InChI=1S/C18H24O/c1-13(8-11-19)14-6-7-15-16(12-14)18(4,5)10-9-17(15,2)3/h6-8,11-12H,9-10H2,1-5H3/b13-8+. The van der Waals surface area contributed by atoms with Crippen LogP contribution in [0.5, 0.6) is 0 Å². The summed E-state index contributed by atoms with van der Waals surface area (Å²) in [6, 6.07) is 6.69. The molecule has 0 fully saturated rings. The van der Waals surface area contributed by atoms with Crippen molar-refractivity contribution in [2.75, 3.05) is 0 Å². The second-order valence-corrected chi connectivity index (χ2v) is 7.01. The fraction of sp³-hybridized carbons (Fsp3) is 0.500. The van der Waals surface area contributed by atoms with E-state index in [9.17, 15) is 4.79 Å². The molecule has 0 spiro atoms. The van der Waals surface area contributed by atoms with Gasteiger partial charge in [0.25, 0.3) is 0 Å². The minimum atomic E-state index is 0.225. The highest BCUT2D eigenvalue weighted by molar-refractivity contribution is 5.81. The molecule has 1 nitrogen and oxygen atoms in total. The van der Waals surface area contributed by atoms with E-state index in [1.165, 1.54) is 24.0 Å². The zero-order valence-electron chi connectivity index (χ0n) is 12.7. The number of aldehydes is 1. The smallest absolute Gasteiger partial charge is 0.143 e. The molecule has 1 aliphatic rings. The third-order valence-corrected chi connectivity index (χ3v) is 4.63. The van der Waals surface area contributed by atoms with Crippen LogP contribution >= 0.6 is 0 Å². The first kappa shape index (κ1) is 14.0. The third-order valence-electron chi connectivity index (χ3n) is 4.63. The van der Waals surface area contributed by atoms with Crippen LogP contribution in [0.4, 0.5) is 0 Å². The topological polar surface area (TPSA) is 17.1 Å². The lowest BCUT2D eigenvalue weighted by atomic mass is 9.63. The first-order valence-corrected chi connectivity index (χ1v) is 7.05. The van der Waals surface area contributed by atoms with Gasteiger partial charge in [-0.1, -0.05) is 45.9 Å². The van der Waals surface area contributed by atoms with E-state index in [1.54, 1.807) is 6.08 Å². The van der Waals surface area contributed by atoms with Crippen molar-refractivity contribution in [3.05, 3.63) is 41.0 Å². The first-order valence-electron chi connectivity index (χ1n) is 7.05. The molecule has 1 aromatic carbocycles. The van der Waals surface area contributed by atoms with E-state index in [0.29, 0.717) is 0 Å². The van der Waals surface area contributed by atoms with Crippen LogP contribution in [0.1, 0.15) is 64.2 Å². The molecule has 2 rings (SSSR count). The Bertz CT molecular complexity index is 533. The van der Waals surface area contributed by atoms with Crippen molar-refractivity contribution in [2.45, 2.75) is 58.3 Å². The molecule has 19 heavy (non-hydrogen) atoms. The lowest BCUT2D eigenvalue weighted by molar-refractivity contribution is -0.104. The van der Waals surface area contributed by atoms with Gasteiger partial charge in [-0.15, -0.1) is 0 Å². The van der Waals surface area contributed by atoms with Crippen LogP contribution in [0.25, 0.3) is 5.57 Å². The van der Waals surface area contributed by atoms with Gasteiger partial charge in [-0.2, -0.15) is 0 Å². The number of hydrogen-bond acceptors (Lipinski definition) is 1. The molecule has 0 amide bonds. The van der Waals surface area contributed by atoms with Gasteiger partial charge in [0, 0.05) is 0 Å². The number of benzene rings is 1. The van der Waals surface area contributed by atoms with Crippen molar-refractivity contribution in [2.24, 2.45) is 0 Å². The molecule has 1 aromatic rings. The van der Waals surface area contributed by atoms with Gasteiger partial charge in [0.15, 0.2) is 0 Å². The van der Waals surface area contributed by atoms with Gasteiger partial charge >= 0.3 is 0 Å². The van der Waals surface area contributed by atoms with Crippen molar-refractivity contribution >= 4 is 11.9 Å². The second-order valence-electron chi connectivity index (χ2n) is 7.01. The van der Waals surface area contributed by atoms with Crippen molar-refractivity contribution < 1.29 is 4.79 Å². The maximum Gasteiger partial charge on any atom is 0.143 e. The van der Waals surface area contributed by atoms with Gasteiger partial charge in [-0.3, -0.25) is 4.79 Å². The quantitative estimate of drug-likeness (QED) is 0.556. The average Bonchev–Trinajstić information content (AvgIpc) is 2.35. The lowest BCUT2D eigenvalue weighted by Gasteiger charge is -2.42. The van der Waals surface area contributed by atoms with E-state index in [1.807, 2.05) is 6.92 Å². The van der Waals surface area contributed by atoms with Crippen molar-refractivity contribution in [1.82, 2.24) is 0 Å². The normalized spacial score (nSPS) is 20.8. The molecular formula is C18H24O. The highest BCUT2D eigenvalue weighted by atomic mass is 16.1. The fourth-order valence-electron chi connectivity index (χ4n) is 3.03. The lowest BCUT2D eigenvalue weighted by Crippen LogP contribution is -2.33. The summed E-state index contributed by atoms with van der Waals surface area (Å²) < 4.78 is 0. The minimum Gasteiger partial charge on any atom is -0.299 e. The number of fused-ring (bicyclic) bond motifs is 1. The Hall–Kier alpha value is -1.37. The maximum absolute atomic E-state index is 10.6. The molecule has 0 saturated carbocycles. The highest BCUT2D eigenvalue weighted by Gasteiger charge is 2.36. The van der Waals surface area contributed by atoms with Crippen LogP contribution in [0.2, 0.25) is 0 Å². The van der Waals surface area contributed by atoms with Gasteiger partial charge in [0.1, 0.15) is 6.29 Å². The fourth-order valence-corrected chi connectivity index (χ4v) is 3.03. The molecule has 0 N–H and O–H groups in total. The Morgan fingerprint density at radius 2 is 1.63 bits per heavy atom. The molecule has 0 bridgehead atoms. The molecule has 102 valence electrons. The molecule has 0 unspecified atom stereocenters. The zero-order chi connectivity index (χ0) is 14.3. The Kier molecular flexibility index (Phi) is 3.42. The SMILES string of the molecule is C/C(=C\C=O)c1ccc2c(c1)C(C)(C)CCC2(C)C. The van der Waals surface area contributed by atoms with Crippen LogP contribution in [0, 0.1) is 0 Å². The molecule has 0 atom stereocenters. The number of rotatable bonds is 2. The van der Waals surface area contributed by atoms with E-state index in [-0.39, 0.29) is 10.8 Å². The van der Waals surface area contributed by atoms with Crippen molar-refractivity contribution in [3.63, 3.8) is 0 Å². The Morgan fingerprint density at radius 1 is 1.05 bits per heavy atom. The second kappa shape index (κ2) is 4.63. The summed E-state index contributed by atoms with van der Waals surface area (Å²) in [5.74, 6) is 0. The Balaban J connectivity index is 2.60. The number of carbonyl (C=O) groups is 1. The Labute approximate surface area is 116 Å². The summed E-state index contributed by atoms with van der Waals surface area (Å²) in [6.07, 6.45) is 4.95. The summed E-state index contributed by atoms with van der Waals surface area (Å²) in [7, 11) is 0. The molecule has 0 heterocycles. The van der Waals surface area contributed by atoms with Gasteiger partial charge < -0.3 is 0 Å². The summed E-state index contributed by atoms with van der Waals surface area (Å²) in [5, 5.41) is 0. The number of hydrogen-bond donors (Lipinski definition) is 0. The van der Waals surface area contributed by atoms with Gasteiger partial charge in [0.2, 0.25) is 0 Å². The van der Waals surface area contributed by atoms with Crippen LogP contribution in [0.3, 0.4) is 0 Å². The van der Waals surface area contributed by atoms with E-state index >= 15 is 0 Å². The zero-order valence-corrected chi connectivity index (χ0v) is 12.7. The van der Waals surface area contributed by atoms with E-state index < -0.39 is 0 Å². The van der Waals surface area contributed by atoms with E-state index in [4.69, 9.17) is 0 Å². The third kappa shape index (κ3) is 2.51. The molecule has 1 heteroatoms. The van der Waals surface area contributed by atoms with Crippen LogP contribution in [-0.4, -0.2) is 6.29 Å². The minimum absolute atomic E-state index is 0.225. The first-order chi connectivity index (χ1) is 8.78. The highest BCUT2D eigenvalue weighted by Crippen LogP contribution is 2.46. The van der Waals surface area contributed by atoms with Crippen molar-refractivity contribution in [1.29, 1.82) is 0 Å². The molecule has 0 aromatic heterocycles. The summed E-state index contributed by atoms with van der Waals surface area (Å²) in [6.45, 7) is 11.3. The average molecular weight is 256 g/mol. The predicted octanol–water partition coefficient (Wildman–Crippen LogP) is 4.64. The molecule has 0 aliphatic heterocycles.